The van der Waals surface area contributed by atoms with Gasteiger partial charge in [0.05, 0.1) is 24.4 Å². The molecule has 11 nitrogen and oxygen atoms in total. The van der Waals surface area contributed by atoms with Crippen molar-refractivity contribution in [3.8, 4) is 5.75 Å². The van der Waals surface area contributed by atoms with Gasteiger partial charge in [-0.3, -0.25) is 4.79 Å². The lowest BCUT2D eigenvalue weighted by Crippen LogP contribution is -2.50. The van der Waals surface area contributed by atoms with Crippen LogP contribution in [-0.2, 0) is 4.74 Å². The van der Waals surface area contributed by atoms with Crippen LogP contribution in [0.15, 0.2) is 53.5 Å². The molecule has 0 saturated carbocycles. The van der Waals surface area contributed by atoms with Crippen LogP contribution in [0.2, 0.25) is 0 Å². The molecular weight excluding hydrogens is 534 g/mol. The fourth-order valence-corrected chi connectivity index (χ4v) is 5.00. The minimum Gasteiger partial charge on any atom is -0.494 e. The fourth-order valence-electron chi connectivity index (χ4n) is 5.00. The minimum atomic E-state index is -0.527. The maximum absolute atomic E-state index is 12.8. The molecule has 2 aromatic carbocycles. The zero-order valence-corrected chi connectivity index (χ0v) is 24.9. The summed E-state index contributed by atoms with van der Waals surface area (Å²) in [5.74, 6) is 1.55. The summed E-state index contributed by atoms with van der Waals surface area (Å²) in [7, 11) is 1.60. The number of pyridine rings is 1. The van der Waals surface area contributed by atoms with Crippen LogP contribution in [-0.4, -0.2) is 65.1 Å². The highest BCUT2D eigenvalue weighted by Gasteiger charge is 2.26. The number of hydrogen-bond donors (Lipinski definition) is 3. The Bertz CT molecular complexity index is 1650. The molecule has 0 atom stereocenters. The van der Waals surface area contributed by atoms with E-state index in [0.29, 0.717) is 60.0 Å². The molecular formula is C31H37N7O4. The number of carbonyl (C=O) groups excluding carboxylic acids is 1. The third kappa shape index (κ3) is 6.24. The Balaban J connectivity index is 1.40. The molecule has 4 aromatic rings. The van der Waals surface area contributed by atoms with Crippen molar-refractivity contribution < 1.29 is 14.3 Å². The van der Waals surface area contributed by atoms with Gasteiger partial charge < -0.3 is 29.9 Å². The molecule has 42 heavy (non-hydrogen) atoms. The third-order valence-corrected chi connectivity index (χ3v) is 7.12. The van der Waals surface area contributed by atoms with Gasteiger partial charge in [0, 0.05) is 49.0 Å². The molecule has 220 valence electrons. The number of anilines is 5. The highest BCUT2D eigenvalue weighted by Crippen LogP contribution is 2.35. The Morgan fingerprint density at radius 1 is 1.00 bits per heavy atom. The summed E-state index contributed by atoms with van der Waals surface area (Å²) in [5, 5.41) is 14.3. The zero-order chi connectivity index (χ0) is 30.0. The number of fused-ring (bicyclic) bond motifs is 1. The van der Waals surface area contributed by atoms with Gasteiger partial charge in [0.1, 0.15) is 23.0 Å². The molecule has 0 aliphatic carbocycles. The summed E-state index contributed by atoms with van der Waals surface area (Å²) in [4.78, 5) is 34.0. The number of ether oxygens (including phenoxy) is 2. The standard InChI is InChI=1S/C31H37N7O4/c1-19-8-7-9-20(2)27(19)34-25-16-21-18-32-36-29(39)26(21)28(35-25)33-23-11-10-22(17-24(23)41-6)37-12-14-38(15-13-37)30(40)42-31(3,4)5/h7-11,16-18H,12-15H2,1-6H3,(H,36,39)(H2,33,34,35). The third-order valence-electron chi connectivity index (χ3n) is 7.12. The predicted octanol–water partition coefficient (Wildman–Crippen LogP) is 5.49. The molecule has 1 amide bonds. The average Bonchev–Trinajstić information content (AvgIpc) is 2.94. The molecule has 1 aliphatic heterocycles. The Morgan fingerprint density at radius 2 is 1.71 bits per heavy atom. The number of aryl methyl sites for hydroxylation is 2. The second-order valence-electron chi connectivity index (χ2n) is 11.4. The van der Waals surface area contributed by atoms with Crippen molar-refractivity contribution in [3.05, 3.63) is 70.1 Å². The van der Waals surface area contributed by atoms with Crippen molar-refractivity contribution in [2.75, 3.05) is 48.8 Å². The van der Waals surface area contributed by atoms with Crippen molar-refractivity contribution in [2.45, 2.75) is 40.2 Å². The van der Waals surface area contributed by atoms with Crippen LogP contribution in [0, 0.1) is 13.8 Å². The first-order valence-corrected chi connectivity index (χ1v) is 13.9. The molecule has 0 bridgehead atoms. The number of piperazine rings is 1. The van der Waals surface area contributed by atoms with Crippen LogP contribution in [0.3, 0.4) is 0 Å². The number of nitrogens with one attached hydrogen (secondary N) is 3. The number of aromatic amines is 1. The van der Waals surface area contributed by atoms with Crippen LogP contribution >= 0.6 is 0 Å². The molecule has 1 saturated heterocycles. The summed E-state index contributed by atoms with van der Waals surface area (Å²) < 4.78 is 11.3. The Morgan fingerprint density at radius 3 is 2.38 bits per heavy atom. The van der Waals surface area contributed by atoms with Crippen molar-refractivity contribution >= 4 is 45.6 Å². The number of aromatic nitrogens is 3. The number of methoxy groups -OCH3 is 1. The monoisotopic (exact) mass is 571 g/mol. The minimum absolute atomic E-state index is 0.293. The molecule has 3 N–H and O–H groups in total. The summed E-state index contributed by atoms with van der Waals surface area (Å²) in [5.41, 5.74) is 3.87. The van der Waals surface area contributed by atoms with Gasteiger partial charge in [-0.15, -0.1) is 0 Å². The van der Waals surface area contributed by atoms with Crippen molar-refractivity contribution in [1.82, 2.24) is 20.1 Å². The van der Waals surface area contributed by atoms with E-state index in [1.807, 2.05) is 77.1 Å². The molecule has 11 heteroatoms. The van der Waals surface area contributed by atoms with Crippen molar-refractivity contribution in [1.29, 1.82) is 0 Å². The number of rotatable bonds is 6. The molecule has 1 fully saturated rings. The van der Waals surface area contributed by atoms with E-state index >= 15 is 0 Å². The Hall–Kier alpha value is -4.80. The lowest BCUT2D eigenvalue weighted by molar-refractivity contribution is 0.0240. The van der Waals surface area contributed by atoms with E-state index in [9.17, 15) is 9.59 Å². The van der Waals surface area contributed by atoms with E-state index in [-0.39, 0.29) is 11.7 Å². The van der Waals surface area contributed by atoms with Gasteiger partial charge in [-0.2, -0.15) is 5.10 Å². The second kappa shape index (κ2) is 11.6. The summed E-state index contributed by atoms with van der Waals surface area (Å²) >= 11 is 0. The SMILES string of the molecule is COc1cc(N2CCN(C(=O)OC(C)(C)C)CC2)ccc1Nc1nc(Nc2c(C)cccc2C)cc2cn[nH]c(=O)c12. The topological polar surface area (TPSA) is 125 Å². The van der Waals surface area contributed by atoms with Gasteiger partial charge in [0.15, 0.2) is 0 Å². The lowest BCUT2D eigenvalue weighted by Gasteiger charge is -2.37. The lowest BCUT2D eigenvalue weighted by atomic mass is 10.1. The van der Waals surface area contributed by atoms with E-state index < -0.39 is 5.60 Å². The van der Waals surface area contributed by atoms with Gasteiger partial charge in [-0.05, 0) is 63.9 Å². The van der Waals surface area contributed by atoms with Gasteiger partial charge in [0.2, 0.25) is 0 Å². The first-order valence-electron chi connectivity index (χ1n) is 13.9. The van der Waals surface area contributed by atoms with E-state index in [2.05, 4.69) is 25.7 Å². The molecule has 0 unspecified atom stereocenters. The quantitative estimate of drug-likeness (QED) is 0.276. The molecule has 0 radical (unpaired) electrons. The van der Waals surface area contributed by atoms with Gasteiger partial charge in [-0.25, -0.2) is 14.9 Å². The molecule has 3 heterocycles. The number of carbonyl (C=O) groups is 1. The molecule has 2 aromatic heterocycles. The number of benzene rings is 2. The predicted molar refractivity (Wildman–Crippen MR) is 166 cm³/mol. The first kappa shape index (κ1) is 28.7. The van der Waals surface area contributed by atoms with Gasteiger partial charge in [0.25, 0.3) is 5.56 Å². The Labute approximate surface area is 244 Å². The largest absolute Gasteiger partial charge is 0.494 e. The van der Waals surface area contributed by atoms with E-state index in [1.165, 1.54) is 0 Å². The fraction of sp³-hybridized carbons (Fsp3) is 0.355. The van der Waals surface area contributed by atoms with Gasteiger partial charge in [-0.1, -0.05) is 18.2 Å². The van der Waals surface area contributed by atoms with Crippen LogP contribution in [0.25, 0.3) is 10.8 Å². The summed E-state index contributed by atoms with van der Waals surface area (Å²) in [6.07, 6.45) is 1.31. The highest BCUT2D eigenvalue weighted by molar-refractivity contribution is 5.95. The average molecular weight is 572 g/mol. The normalized spacial score (nSPS) is 13.7. The zero-order valence-electron chi connectivity index (χ0n) is 24.9. The van der Waals surface area contributed by atoms with Crippen molar-refractivity contribution in [3.63, 3.8) is 0 Å². The second-order valence-corrected chi connectivity index (χ2v) is 11.4. The number of para-hydroxylation sites is 1. The maximum atomic E-state index is 12.8. The number of nitrogens with zero attached hydrogens (tertiary/aromatic N) is 4. The molecule has 1 aliphatic rings. The smallest absolute Gasteiger partial charge is 0.410 e. The van der Waals surface area contributed by atoms with E-state index in [4.69, 9.17) is 14.5 Å². The van der Waals surface area contributed by atoms with Crippen LogP contribution < -0.4 is 25.8 Å². The van der Waals surface area contributed by atoms with Crippen LogP contribution in [0.4, 0.5) is 33.5 Å². The summed E-state index contributed by atoms with van der Waals surface area (Å²) in [6.45, 7) is 12.1. The highest BCUT2D eigenvalue weighted by atomic mass is 16.6. The number of hydrogen-bond acceptors (Lipinski definition) is 9. The number of H-pyrrole nitrogens is 1. The maximum Gasteiger partial charge on any atom is 0.410 e. The molecule has 5 rings (SSSR count). The van der Waals surface area contributed by atoms with E-state index in [1.54, 1.807) is 18.2 Å². The first-order chi connectivity index (χ1) is 20.0. The van der Waals surface area contributed by atoms with Crippen LogP contribution in [0.1, 0.15) is 31.9 Å². The summed E-state index contributed by atoms with van der Waals surface area (Å²) in [6, 6.07) is 13.7. The van der Waals surface area contributed by atoms with Crippen molar-refractivity contribution in [2.24, 2.45) is 0 Å². The Kier molecular flexibility index (Phi) is 7.93. The van der Waals surface area contributed by atoms with Gasteiger partial charge >= 0.3 is 6.09 Å². The number of amides is 1. The molecule has 0 spiro atoms. The van der Waals surface area contributed by atoms with E-state index in [0.717, 1.165) is 22.5 Å². The van der Waals surface area contributed by atoms with Crippen LogP contribution in [0.5, 0.6) is 5.75 Å².